The third-order valence-electron chi connectivity index (χ3n) is 6.18. The summed E-state index contributed by atoms with van der Waals surface area (Å²) in [5.41, 5.74) is 0.0434. The molecule has 0 saturated carbocycles. The van der Waals surface area contributed by atoms with E-state index >= 15 is 0 Å². The molecule has 2 aromatic carbocycles. The van der Waals surface area contributed by atoms with Gasteiger partial charge in [0.2, 0.25) is 15.9 Å². The van der Waals surface area contributed by atoms with Gasteiger partial charge in [-0.05, 0) is 43.2 Å². The van der Waals surface area contributed by atoms with E-state index in [1.54, 1.807) is 36.4 Å². The molecule has 2 heterocycles. The Kier molecular flexibility index (Phi) is 6.98. The maximum Gasteiger partial charge on any atom is 0.353 e. The van der Waals surface area contributed by atoms with Crippen molar-refractivity contribution >= 4 is 44.4 Å². The molecule has 1 amide bonds. The summed E-state index contributed by atoms with van der Waals surface area (Å²) in [6.07, 6.45) is 1.82. The summed E-state index contributed by atoms with van der Waals surface area (Å²) in [5.74, 6) is -2.10. The summed E-state index contributed by atoms with van der Waals surface area (Å²) in [6, 6.07) is 13.4. The lowest BCUT2D eigenvalue weighted by atomic mass is 9.97. The molecule has 184 valence electrons. The van der Waals surface area contributed by atoms with Crippen LogP contribution in [0.5, 0.6) is 0 Å². The van der Waals surface area contributed by atoms with Crippen molar-refractivity contribution in [2.45, 2.75) is 19.4 Å². The van der Waals surface area contributed by atoms with Crippen molar-refractivity contribution < 1.29 is 23.1 Å². The SMILES string of the molecule is CS(=O)(=O)N1CCC(C(=O)NCc2c(C(=O)O)n(-c3ccccc3)c3cc(Cl)ccc3c2=O)CC1. The van der Waals surface area contributed by atoms with Gasteiger partial charge >= 0.3 is 5.97 Å². The number of pyridine rings is 1. The van der Waals surface area contributed by atoms with Gasteiger partial charge in [0.1, 0.15) is 5.69 Å². The fourth-order valence-corrected chi connectivity index (χ4v) is 5.45. The van der Waals surface area contributed by atoms with Gasteiger partial charge in [0.25, 0.3) is 0 Å². The van der Waals surface area contributed by atoms with E-state index in [1.165, 1.54) is 21.0 Å². The molecular weight excluding hydrogens is 494 g/mol. The summed E-state index contributed by atoms with van der Waals surface area (Å²) in [7, 11) is -3.32. The average molecular weight is 518 g/mol. The van der Waals surface area contributed by atoms with Gasteiger partial charge in [0.15, 0.2) is 5.43 Å². The van der Waals surface area contributed by atoms with Gasteiger partial charge in [-0.25, -0.2) is 17.5 Å². The van der Waals surface area contributed by atoms with Crippen LogP contribution < -0.4 is 10.7 Å². The van der Waals surface area contributed by atoms with E-state index in [0.717, 1.165) is 6.26 Å². The number of sulfonamides is 1. The predicted octanol–water partition coefficient (Wildman–Crippen LogP) is 2.63. The second kappa shape index (κ2) is 9.80. The first-order chi connectivity index (χ1) is 16.6. The van der Waals surface area contributed by atoms with Crippen molar-refractivity contribution in [3.63, 3.8) is 0 Å². The molecule has 3 aromatic rings. The van der Waals surface area contributed by atoms with Gasteiger partial charge in [-0.2, -0.15) is 0 Å². The molecule has 0 unspecified atom stereocenters. The molecule has 0 atom stereocenters. The standard InChI is InChI=1S/C24H24ClN3O6S/c1-35(33,34)27-11-9-15(10-12-27)23(30)26-14-19-21(24(31)32)28(17-5-3-2-4-6-17)20-13-16(25)7-8-18(20)22(19)29/h2-8,13,15H,9-12,14H2,1H3,(H,26,30)(H,31,32). The van der Waals surface area contributed by atoms with Crippen molar-refractivity contribution in [3.05, 3.63) is 75.0 Å². The number of piperidine rings is 1. The van der Waals surface area contributed by atoms with Crippen molar-refractivity contribution in [1.29, 1.82) is 0 Å². The third kappa shape index (κ3) is 5.09. The molecule has 35 heavy (non-hydrogen) atoms. The number of para-hydroxylation sites is 1. The number of benzene rings is 2. The molecule has 1 aromatic heterocycles. The van der Waals surface area contributed by atoms with Crippen LogP contribution in [0.15, 0.2) is 53.3 Å². The maximum atomic E-state index is 13.3. The molecule has 0 radical (unpaired) electrons. The molecule has 2 N–H and O–H groups in total. The highest BCUT2D eigenvalue weighted by molar-refractivity contribution is 7.88. The molecule has 1 saturated heterocycles. The number of carbonyl (C=O) groups is 2. The molecule has 0 aliphatic carbocycles. The van der Waals surface area contributed by atoms with Crippen LogP contribution >= 0.6 is 11.6 Å². The zero-order valence-corrected chi connectivity index (χ0v) is 20.5. The van der Waals surface area contributed by atoms with Crippen LogP contribution in [-0.4, -0.2) is 53.6 Å². The summed E-state index contributed by atoms with van der Waals surface area (Å²) in [5, 5.41) is 13.4. The van der Waals surface area contributed by atoms with Gasteiger partial charge in [-0.3, -0.25) is 9.59 Å². The number of hydrogen-bond acceptors (Lipinski definition) is 5. The van der Waals surface area contributed by atoms with Crippen molar-refractivity contribution in [3.8, 4) is 5.69 Å². The number of amides is 1. The molecule has 0 bridgehead atoms. The fourth-order valence-electron chi connectivity index (χ4n) is 4.41. The normalized spacial score (nSPS) is 15.3. The van der Waals surface area contributed by atoms with Gasteiger partial charge in [0, 0.05) is 41.6 Å². The lowest BCUT2D eigenvalue weighted by Gasteiger charge is -2.29. The quantitative estimate of drug-likeness (QED) is 0.517. The number of carboxylic acid groups (broad SMARTS) is 1. The molecule has 4 rings (SSSR count). The fraction of sp³-hybridized carbons (Fsp3) is 0.292. The van der Waals surface area contributed by atoms with E-state index in [1.807, 2.05) is 0 Å². The summed E-state index contributed by atoms with van der Waals surface area (Å²) in [4.78, 5) is 38.6. The smallest absolute Gasteiger partial charge is 0.353 e. The summed E-state index contributed by atoms with van der Waals surface area (Å²) >= 11 is 6.17. The number of hydrogen-bond donors (Lipinski definition) is 2. The Labute approximate surface area is 207 Å². The Balaban J connectivity index is 1.72. The highest BCUT2D eigenvalue weighted by atomic mass is 35.5. The van der Waals surface area contributed by atoms with Crippen molar-refractivity contribution in [1.82, 2.24) is 14.2 Å². The first-order valence-corrected chi connectivity index (χ1v) is 13.2. The topological polar surface area (TPSA) is 126 Å². The van der Waals surface area contributed by atoms with Crippen LogP contribution in [0, 0.1) is 5.92 Å². The molecular formula is C24H24ClN3O6S. The zero-order valence-electron chi connectivity index (χ0n) is 18.9. The van der Waals surface area contributed by atoms with Gasteiger partial charge in [-0.1, -0.05) is 29.8 Å². The zero-order chi connectivity index (χ0) is 25.3. The summed E-state index contributed by atoms with van der Waals surface area (Å²) in [6.45, 7) is 0.181. The van der Waals surface area contributed by atoms with Crippen LogP contribution in [0.1, 0.15) is 28.9 Å². The number of aromatic nitrogens is 1. The van der Waals surface area contributed by atoms with E-state index in [2.05, 4.69) is 5.32 Å². The minimum atomic E-state index is -3.32. The number of halogens is 1. The number of nitrogens with one attached hydrogen (secondary N) is 1. The molecule has 1 fully saturated rings. The van der Waals surface area contributed by atoms with E-state index in [-0.39, 0.29) is 42.2 Å². The second-order valence-corrected chi connectivity index (χ2v) is 10.9. The maximum absolute atomic E-state index is 13.3. The highest BCUT2D eigenvalue weighted by Gasteiger charge is 2.30. The van der Waals surface area contributed by atoms with E-state index in [0.29, 0.717) is 29.1 Å². The van der Waals surface area contributed by atoms with Gasteiger partial charge in [-0.15, -0.1) is 0 Å². The molecule has 9 nitrogen and oxygen atoms in total. The summed E-state index contributed by atoms with van der Waals surface area (Å²) < 4.78 is 26.2. The van der Waals surface area contributed by atoms with E-state index in [4.69, 9.17) is 11.6 Å². The highest BCUT2D eigenvalue weighted by Crippen LogP contribution is 2.25. The van der Waals surface area contributed by atoms with E-state index in [9.17, 15) is 27.9 Å². The second-order valence-electron chi connectivity index (χ2n) is 8.45. The van der Waals surface area contributed by atoms with Crippen LogP contribution in [0.4, 0.5) is 0 Å². The van der Waals surface area contributed by atoms with Crippen molar-refractivity contribution in [2.75, 3.05) is 19.3 Å². The van der Waals surface area contributed by atoms with Gasteiger partial charge < -0.3 is 15.0 Å². The number of carbonyl (C=O) groups excluding carboxylic acids is 1. The molecule has 0 spiro atoms. The number of aromatic carboxylic acids is 1. The van der Waals surface area contributed by atoms with Crippen LogP contribution in [0.25, 0.3) is 16.6 Å². The van der Waals surface area contributed by atoms with Gasteiger partial charge in [0.05, 0.1) is 17.3 Å². The largest absolute Gasteiger partial charge is 0.477 e. The average Bonchev–Trinajstić information content (AvgIpc) is 2.82. The lowest BCUT2D eigenvalue weighted by Crippen LogP contribution is -2.43. The lowest BCUT2D eigenvalue weighted by molar-refractivity contribution is -0.126. The Morgan fingerprint density at radius 1 is 1.11 bits per heavy atom. The van der Waals surface area contributed by atoms with Crippen LogP contribution in [0.2, 0.25) is 5.02 Å². The number of nitrogens with zero attached hydrogens (tertiary/aromatic N) is 2. The van der Waals surface area contributed by atoms with Crippen LogP contribution in [-0.2, 0) is 21.4 Å². The Hall–Kier alpha value is -3.21. The Bertz CT molecular complexity index is 1460. The van der Waals surface area contributed by atoms with E-state index < -0.39 is 27.3 Å². The minimum Gasteiger partial charge on any atom is -0.477 e. The molecule has 11 heteroatoms. The molecule has 1 aliphatic rings. The number of carboxylic acids is 1. The molecule has 1 aliphatic heterocycles. The first-order valence-electron chi connectivity index (χ1n) is 11.0. The monoisotopic (exact) mass is 517 g/mol. The minimum absolute atomic E-state index is 0.0573. The number of fused-ring (bicyclic) bond motifs is 1. The predicted molar refractivity (Wildman–Crippen MR) is 133 cm³/mol. The van der Waals surface area contributed by atoms with Crippen LogP contribution in [0.3, 0.4) is 0 Å². The Morgan fingerprint density at radius 3 is 2.37 bits per heavy atom. The van der Waals surface area contributed by atoms with Crippen molar-refractivity contribution in [2.24, 2.45) is 5.92 Å². The number of rotatable bonds is 6. The Morgan fingerprint density at radius 2 is 1.77 bits per heavy atom. The first kappa shape index (κ1) is 24.9. The third-order valence-corrected chi connectivity index (χ3v) is 7.72.